The van der Waals surface area contributed by atoms with Gasteiger partial charge in [-0.05, 0) is 6.92 Å². The molecular weight excluding hydrogens is 196 g/mol. The van der Waals surface area contributed by atoms with Crippen molar-refractivity contribution >= 4 is 11.5 Å². The van der Waals surface area contributed by atoms with Crippen LogP contribution in [-0.2, 0) is 4.74 Å². The monoisotopic (exact) mass is 206 g/mol. The molecule has 1 N–H and O–H groups in total. The molecule has 0 aliphatic rings. The maximum Gasteiger partial charge on any atom is 0.341 e. The van der Waals surface area contributed by atoms with Crippen LogP contribution < -0.4 is 5.43 Å². The molecule has 0 unspecified atom stereocenters. The van der Waals surface area contributed by atoms with Gasteiger partial charge in [-0.1, -0.05) is 0 Å². The molecule has 0 bridgehead atoms. The Kier molecular flexibility index (Phi) is 2.29. The van der Waals surface area contributed by atoms with Crippen molar-refractivity contribution in [1.82, 2.24) is 9.61 Å². The molecule has 0 amide bonds. The predicted molar refractivity (Wildman–Crippen MR) is 54.0 cm³/mol. The fourth-order valence-electron chi connectivity index (χ4n) is 1.38. The van der Waals surface area contributed by atoms with Crippen LogP contribution in [0, 0.1) is 0 Å². The molecule has 2 aromatic heterocycles. The van der Waals surface area contributed by atoms with E-state index in [0.717, 1.165) is 0 Å². The first-order chi connectivity index (χ1) is 7.22. The highest BCUT2D eigenvalue weighted by molar-refractivity contribution is 5.96. The SMILES string of the molecule is CCOC(=O)c1c[nH]n2ccc(=O)cc12. The summed E-state index contributed by atoms with van der Waals surface area (Å²) in [5.74, 6) is -0.429. The number of ether oxygens (including phenoxy) is 1. The van der Waals surface area contributed by atoms with Crippen LogP contribution in [0.1, 0.15) is 17.3 Å². The number of hydrogen-bond donors (Lipinski definition) is 1. The standard InChI is InChI=1S/C10H10N2O3/c1-2-15-10(14)8-6-11-12-4-3-7(13)5-9(8)12/h3-6,11H,2H2,1H3. The maximum absolute atomic E-state index is 11.5. The zero-order valence-electron chi connectivity index (χ0n) is 8.19. The van der Waals surface area contributed by atoms with Crippen LogP contribution in [-0.4, -0.2) is 22.2 Å². The average Bonchev–Trinajstić information content (AvgIpc) is 2.60. The van der Waals surface area contributed by atoms with Crippen LogP contribution in [0.5, 0.6) is 0 Å². The van der Waals surface area contributed by atoms with E-state index in [1.54, 1.807) is 17.6 Å². The summed E-state index contributed by atoms with van der Waals surface area (Å²) in [7, 11) is 0. The van der Waals surface area contributed by atoms with Gasteiger partial charge in [-0.15, -0.1) is 0 Å². The summed E-state index contributed by atoms with van der Waals surface area (Å²) in [4.78, 5) is 22.6. The molecule has 0 saturated carbocycles. The molecule has 0 saturated heterocycles. The van der Waals surface area contributed by atoms with Crippen molar-refractivity contribution < 1.29 is 9.53 Å². The van der Waals surface area contributed by atoms with Gasteiger partial charge in [-0.2, -0.15) is 0 Å². The maximum atomic E-state index is 11.5. The van der Waals surface area contributed by atoms with Crippen molar-refractivity contribution in [3.63, 3.8) is 0 Å². The molecule has 78 valence electrons. The van der Waals surface area contributed by atoms with E-state index in [0.29, 0.717) is 17.7 Å². The molecule has 15 heavy (non-hydrogen) atoms. The van der Waals surface area contributed by atoms with Gasteiger partial charge >= 0.3 is 5.97 Å². The summed E-state index contributed by atoms with van der Waals surface area (Å²) in [6.45, 7) is 2.05. The summed E-state index contributed by atoms with van der Waals surface area (Å²) in [5, 5.41) is 2.83. The van der Waals surface area contributed by atoms with Crippen LogP contribution in [0.25, 0.3) is 5.52 Å². The van der Waals surface area contributed by atoms with Gasteiger partial charge < -0.3 is 9.84 Å². The minimum absolute atomic E-state index is 0.139. The predicted octanol–water partition coefficient (Wildman–Crippen LogP) is 0.804. The van der Waals surface area contributed by atoms with Crippen LogP contribution in [0.3, 0.4) is 0 Å². The Balaban J connectivity index is 2.57. The van der Waals surface area contributed by atoms with E-state index in [1.165, 1.54) is 18.3 Å². The van der Waals surface area contributed by atoms with Crippen molar-refractivity contribution in [3.8, 4) is 0 Å². The number of carbonyl (C=O) groups is 1. The second-order valence-corrected chi connectivity index (χ2v) is 3.03. The number of esters is 1. The molecule has 0 aliphatic carbocycles. The largest absolute Gasteiger partial charge is 0.462 e. The van der Waals surface area contributed by atoms with Crippen LogP contribution in [0.4, 0.5) is 0 Å². The van der Waals surface area contributed by atoms with E-state index in [-0.39, 0.29) is 5.43 Å². The first-order valence-electron chi connectivity index (χ1n) is 4.59. The second kappa shape index (κ2) is 3.61. The third-order valence-corrected chi connectivity index (χ3v) is 2.05. The summed E-state index contributed by atoms with van der Waals surface area (Å²) in [6.07, 6.45) is 3.09. The van der Waals surface area contributed by atoms with Crippen molar-refractivity contribution in [2.45, 2.75) is 6.92 Å². The molecule has 5 nitrogen and oxygen atoms in total. The molecule has 5 heteroatoms. The number of nitrogens with one attached hydrogen (secondary N) is 1. The van der Waals surface area contributed by atoms with Gasteiger partial charge in [0.25, 0.3) is 0 Å². The smallest absolute Gasteiger partial charge is 0.341 e. The molecule has 2 heterocycles. The van der Waals surface area contributed by atoms with Gasteiger partial charge in [-0.3, -0.25) is 9.31 Å². The number of aromatic nitrogens is 2. The Morgan fingerprint density at radius 1 is 1.60 bits per heavy atom. The quantitative estimate of drug-likeness (QED) is 0.739. The number of rotatable bonds is 2. The lowest BCUT2D eigenvalue weighted by molar-refractivity contribution is 0.0528. The molecule has 0 aliphatic heterocycles. The molecule has 2 aromatic rings. The third kappa shape index (κ3) is 1.63. The Morgan fingerprint density at radius 3 is 3.13 bits per heavy atom. The fraction of sp³-hybridized carbons (Fsp3) is 0.200. The molecule has 0 fully saturated rings. The topological polar surface area (TPSA) is 63.6 Å². The van der Waals surface area contributed by atoms with Crippen LogP contribution >= 0.6 is 0 Å². The van der Waals surface area contributed by atoms with Crippen LogP contribution in [0.15, 0.2) is 29.3 Å². The number of nitrogens with zero attached hydrogens (tertiary/aromatic N) is 1. The van der Waals surface area contributed by atoms with Crippen molar-refractivity contribution in [3.05, 3.63) is 40.3 Å². The number of pyridine rings is 1. The van der Waals surface area contributed by atoms with E-state index in [1.807, 2.05) is 0 Å². The fourth-order valence-corrected chi connectivity index (χ4v) is 1.38. The normalized spacial score (nSPS) is 10.5. The molecule has 0 aromatic carbocycles. The van der Waals surface area contributed by atoms with Crippen molar-refractivity contribution in [2.75, 3.05) is 6.61 Å². The Labute approximate surface area is 85.3 Å². The number of hydrogen-bond acceptors (Lipinski definition) is 3. The number of aromatic amines is 1. The summed E-state index contributed by atoms with van der Waals surface area (Å²) >= 11 is 0. The molecule has 0 spiro atoms. The van der Waals surface area contributed by atoms with Gasteiger partial charge in [0, 0.05) is 24.5 Å². The molecule has 0 radical (unpaired) electrons. The van der Waals surface area contributed by atoms with E-state index in [2.05, 4.69) is 5.10 Å². The zero-order chi connectivity index (χ0) is 10.8. The lowest BCUT2D eigenvalue weighted by Gasteiger charge is -1.98. The molecule has 0 atom stereocenters. The van der Waals surface area contributed by atoms with Gasteiger partial charge in [0.15, 0.2) is 5.43 Å². The highest BCUT2D eigenvalue weighted by Gasteiger charge is 2.12. The zero-order valence-corrected chi connectivity index (χ0v) is 8.19. The van der Waals surface area contributed by atoms with Gasteiger partial charge in [0.1, 0.15) is 5.56 Å². The van der Waals surface area contributed by atoms with E-state index < -0.39 is 5.97 Å². The van der Waals surface area contributed by atoms with Crippen LogP contribution in [0.2, 0.25) is 0 Å². The van der Waals surface area contributed by atoms with E-state index >= 15 is 0 Å². The summed E-state index contributed by atoms with van der Waals surface area (Å²) in [5.41, 5.74) is 0.760. The second-order valence-electron chi connectivity index (χ2n) is 3.03. The number of H-pyrrole nitrogens is 1. The lowest BCUT2D eigenvalue weighted by Crippen LogP contribution is -2.06. The van der Waals surface area contributed by atoms with Gasteiger partial charge in [0.2, 0.25) is 0 Å². The Hall–Kier alpha value is -2.04. The van der Waals surface area contributed by atoms with Gasteiger partial charge in [0.05, 0.1) is 12.1 Å². The van der Waals surface area contributed by atoms with Crippen molar-refractivity contribution in [1.29, 1.82) is 0 Å². The number of fused-ring (bicyclic) bond motifs is 1. The minimum Gasteiger partial charge on any atom is -0.462 e. The molecular formula is C10H10N2O3. The Bertz CT molecular complexity index is 553. The summed E-state index contributed by atoms with van der Waals surface area (Å²) < 4.78 is 6.45. The van der Waals surface area contributed by atoms with E-state index in [9.17, 15) is 9.59 Å². The Morgan fingerprint density at radius 2 is 2.40 bits per heavy atom. The first kappa shape index (κ1) is 9.51. The minimum atomic E-state index is -0.429. The third-order valence-electron chi connectivity index (χ3n) is 2.05. The summed E-state index contributed by atoms with van der Waals surface area (Å²) in [6, 6.07) is 2.81. The number of carbonyl (C=O) groups excluding carboxylic acids is 1. The van der Waals surface area contributed by atoms with Crippen molar-refractivity contribution in [2.24, 2.45) is 0 Å². The highest BCUT2D eigenvalue weighted by atomic mass is 16.5. The average molecular weight is 206 g/mol. The molecule has 2 rings (SSSR count). The van der Waals surface area contributed by atoms with E-state index in [4.69, 9.17) is 4.74 Å². The highest BCUT2D eigenvalue weighted by Crippen LogP contribution is 2.09. The van der Waals surface area contributed by atoms with Gasteiger partial charge in [-0.25, -0.2) is 4.79 Å². The first-order valence-corrected chi connectivity index (χ1v) is 4.59. The lowest BCUT2D eigenvalue weighted by atomic mass is 10.2.